The first-order chi connectivity index (χ1) is 6.86. The molecule has 1 fully saturated rings. The molecular weight excluding hydrogens is 178 g/mol. The van der Waals surface area contributed by atoms with Crippen molar-refractivity contribution in [2.75, 3.05) is 24.2 Å². The summed E-state index contributed by atoms with van der Waals surface area (Å²) in [6.07, 6.45) is 6.02. The molecule has 2 rings (SSSR count). The second kappa shape index (κ2) is 4.28. The van der Waals surface area contributed by atoms with Gasteiger partial charge in [-0.05, 0) is 18.9 Å². The Morgan fingerprint density at radius 1 is 1.64 bits per heavy atom. The Balaban J connectivity index is 1.88. The molecule has 0 saturated carbocycles. The highest BCUT2D eigenvalue weighted by Crippen LogP contribution is 2.17. The summed E-state index contributed by atoms with van der Waals surface area (Å²) < 4.78 is 5.50. The van der Waals surface area contributed by atoms with Crippen molar-refractivity contribution in [3.8, 4) is 0 Å². The number of anilines is 2. The van der Waals surface area contributed by atoms with E-state index in [9.17, 15) is 0 Å². The SMILES string of the molecule is Nc1cnccc1NC[C@H]1CCCO1. The van der Waals surface area contributed by atoms with Crippen molar-refractivity contribution >= 4 is 11.4 Å². The highest BCUT2D eigenvalue weighted by molar-refractivity contribution is 5.64. The lowest BCUT2D eigenvalue weighted by atomic mass is 10.2. The average Bonchev–Trinajstić information content (AvgIpc) is 2.69. The summed E-state index contributed by atoms with van der Waals surface area (Å²) in [6.45, 7) is 1.71. The number of nitrogens with two attached hydrogens (primary N) is 1. The molecule has 1 saturated heterocycles. The summed E-state index contributed by atoms with van der Waals surface area (Å²) in [6, 6.07) is 1.88. The van der Waals surface area contributed by atoms with Gasteiger partial charge in [0.05, 0.1) is 23.7 Å². The van der Waals surface area contributed by atoms with Crippen LogP contribution >= 0.6 is 0 Å². The number of nitrogen functional groups attached to an aromatic ring is 1. The lowest BCUT2D eigenvalue weighted by Crippen LogP contribution is -2.18. The summed E-state index contributed by atoms with van der Waals surface area (Å²) in [5, 5.41) is 3.26. The number of hydrogen-bond donors (Lipinski definition) is 2. The minimum Gasteiger partial charge on any atom is -0.396 e. The predicted octanol–water partition coefficient (Wildman–Crippen LogP) is 1.25. The Kier molecular flexibility index (Phi) is 2.84. The summed E-state index contributed by atoms with van der Waals surface area (Å²) in [5.41, 5.74) is 7.37. The molecule has 0 amide bonds. The molecule has 2 heterocycles. The van der Waals surface area contributed by atoms with Crippen LogP contribution in [0, 0.1) is 0 Å². The quantitative estimate of drug-likeness (QED) is 0.758. The molecule has 1 aromatic rings. The number of nitrogens with zero attached hydrogens (tertiary/aromatic N) is 1. The number of hydrogen-bond acceptors (Lipinski definition) is 4. The predicted molar refractivity (Wildman–Crippen MR) is 56.1 cm³/mol. The zero-order chi connectivity index (χ0) is 9.80. The van der Waals surface area contributed by atoms with Crippen molar-refractivity contribution in [3.05, 3.63) is 18.5 Å². The van der Waals surface area contributed by atoms with Gasteiger partial charge < -0.3 is 15.8 Å². The van der Waals surface area contributed by atoms with Crippen molar-refractivity contribution in [2.24, 2.45) is 0 Å². The maximum atomic E-state index is 5.74. The molecular formula is C10H15N3O. The van der Waals surface area contributed by atoms with E-state index in [2.05, 4.69) is 10.3 Å². The van der Waals surface area contributed by atoms with Crippen LogP contribution in [0.4, 0.5) is 11.4 Å². The lowest BCUT2D eigenvalue weighted by molar-refractivity contribution is 0.120. The van der Waals surface area contributed by atoms with Crippen LogP contribution in [-0.2, 0) is 4.74 Å². The van der Waals surface area contributed by atoms with Crippen LogP contribution < -0.4 is 11.1 Å². The van der Waals surface area contributed by atoms with Gasteiger partial charge in [0, 0.05) is 19.3 Å². The minimum atomic E-state index is 0.336. The fourth-order valence-electron chi connectivity index (χ4n) is 1.60. The van der Waals surface area contributed by atoms with Crippen LogP contribution in [0.5, 0.6) is 0 Å². The lowest BCUT2D eigenvalue weighted by Gasteiger charge is -2.12. The van der Waals surface area contributed by atoms with E-state index in [4.69, 9.17) is 10.5 Å². The highest BCUT2D eigenvalue weighted by Gasteiger charge is 2.14. The van der Waals surface area contributed by atoms with Crippen LogP contribution in [-0.4, -0.2) is 24.2 Å². The van der Waals surface area contributed by atoms with Crippen LogP contribution in [0.15, 0.2) is 18.5 Å². The standard InChI is InChI=1S/C10H15N3O/c11-9-7-12-4-3-10(9)13-6-8-2-1-5-14-8/h3-4,7-8H,1-2,5-6,11H2,(H,12,13)/t8-/m1/s1. The number of pyridine rings is 1. The third-order valence-corrected chi connectivity index (χ3v) is 2.40. The maximum absolute atomic E-state index is 5.74. The molecule has 1 aliphatic rings. The van der Waals surface area contributed by atoms with Gasteiger partial charge in [0.15, 0.2) is 0 Å². The fraction of sp³-hybridized carbons (Fsp3) is 0.500. The molecule has 4 heteroatoms. The van der Waals surface area contributed by atoms with Gasteiger partial charge in [-0.2, -0.15) is 0 Å². The molecule has 0 unspecified atom stereocenters. The Labute approximate surface area is 83.5 Å². The minimum absolute atomic E-state index is 0.336. The summed E-state index contributed by atoms with van der Waals surface area (Å²) >= 11 is 0. The third kappa shape index (κ3) is 2.14. The monoisotopic (exact) mass is 193 g/mol. The van der Waals surface area contributed by atoms with E-state index >= 15 is 0 Å². The van der Waals surface area contributed by atoms with Crippen molar-refractivity contribution < 1.29 is 4.74 Å². The van der Waals surface area contributed by atoms with E-state index in [0.29, 0.717) is 11.8 Å². The zero-order valence-corrected chi connectivity index (χ0v) is 8.07. The first kappa shape index (κ1) is 9.27. The van der Waals surface area contributed by atoms with Gasteiger partial charge in [-0.1, -0.05) is 0 Å². The molecule has 0 radical (unpaired) electrons. The molecule has 0 aliphatic carbocycles. The third-order valence-electron chi connectivity index (χ3n) is 2.40. The van der Waals surface area contributed by atoms with E-state index in [1.54, 1.807) is 12.4 Å². The Bertz CT molecular complexity index is 297. The molecule has 0 spiro atoms. The van der Waals surface area contributed by atoms with Crippen molar-refractivity contribution in [1.82, 2.24) is 4.98 Å². The van der Waals surface area contributed by atoms with E-state index < -0.39 is 0 Å². The molecule has 3 N–H and O–H groups in total. The van der Waals surface area contributed by atoms with Crippen molar-refractivity contribution in [1.29, 1.82) is 0 Å². The van der Waals surface area contributed by atoms with E-state index in [1.807, 2.05) is 6.07 Å². The van der Waals surface area contributed by atoms with Gasteiger partial charge in [0.1, 0.15) is 0 Å². The largest absolute Gasteiger partial charge is 0.396 e. The molecule has 0 bridgehead atoms. The second-order valence-electron chi connectivity index (χ2n) is 3.48. The Hall–Kier alpha value is -1.29. The summed E-state index contributed by atoms with van der Waals surface area (Å²) in [7, 11) is 0. The topological polar surface area (TPSA) is 60.2 Å². The number of rotatable bonds is 3. The molecule has 1 aromatic heterocycles. The molecule has 1 aliphatic heterocycles. The number of ether oxygens (including phenoxy) is 1. The van der Waals surface area contributed by atoms with Gasteiger partial charge in [-0.3, -0.25) is 4.98 Å². The van der Waals surface area contributed by atoms with Crippen LogP contribution in [0.3, 0.4) is 0 Å². The molecule has 14 heavy (non-hydrogen) atoms. The Morgan fingerprint density at radius 2 is 2.57 bits per heavy atom. The molecule has 0 aromatic carbocycles. The highest BCUT2D eigenvalue weighted by atomic mass is 16.5. The van der Waals surface area contributed by atoms with Crippen LogP contribution in [0.2, 0.25) is 0 Å². The number of aromatic nitrogens is 1. The molecule has 4 nitrogen and oxygen atoms in total. The smallest absolute Gasteiger partial charge is 0.0748 e. The van der Waals surface area contributed by atoms with E-state index in [1.165, 1.54) is 0 Å². The van der Waals surface area contributed by atoms with E-state index in [-0.39, 0.29) is 0 Å². The zero-order valence-electron chi connectivity index (χ0n) is 8.07. The fourth-order valence-corrected chi connectivity index (χ4v) is 1.60. The average molecular weight is 193 g/mol. The maximum Gasteiger partial charge on any atom is 0.0748 e. The van der Waals surface area contributed by atoms with Gasteiger partial charge >= 0.3 is 0 Å². The first-order valence-electron chi connectivity index (χ1n) is 4.91. The van der Waals surface area contributed by atoms with Crippen molar-refractivity contribution in [2.45, 2.75) is 18.9 Å². The van der Waals surface area contributed by atoms with Gasteiger partial charge in [-0.25, -0.2) is 0 Å². The molecule has 1 atom stereocenters. The summed E-state index contributed by atoms with van der Waals surface area (Å²) in [5.74, 6) is 0. The van der Waals surface area contributed by atoms with Gasteiger partial charge in [-0.15, -0.1) is 0 Å². The number of nitrogens with one attached hydrogen (secondary N) is 1. The Morgan fingerprint density at radius 3 is 3.29 bits per heavy atom. The summed E-state index contributed by atoms with van der Waals surface area (Å²) in [4.78, 5) is 3.93. The first-order valence-corrected chi connectivity index (χ1v) is 4.91. The van der Waals surface area contributed by atoms with Crippen LogP contribution in [0.1, 0.15) is 12.8 Å². The second-order valence-corrected chi connectivity index (χ2v) is 3.48. The van der Waals surface area contributed by atoms with Crippen LogP contribution in [0.25, 0.3) is 0 Å². The molecule has 76 valence electrons. The van der Waals surface area contributed by atoms with Gasteiger partial charge in [0.25, 0.3) is 0 Å². The normalized spacial score (nSPS) is 21.0. The van der Waals surface area contributed by atoms with E-state index in [0.717, 1.165) is 31.7 Å². The van der Waals surface area contributed by atoms with Crippen molar-refractivity contribution in [3.63, 3.8) is 0 Å². The van der Waals surface area contributed by atoms with Gasteiger partial charge in [0.2, 0.25) is 0 Å².